The van der Waals surface area contributed by atoms with E-state index in [0.717, 1.165) is 10.6 Å². The minimum absolute atomic E-state index is 0.337. The van der Waals surface area contributed by atoms with Crippen molar-refractivity contribution in [3.05, 3.63) is 46.5 Å². The summed E-state index contributed by atoms with van der Waals surface area (Å²) in [4.78, 5) is 12.0. The molecule has 102 valence electrons. The van der Waals surface area contributed by atoms with E-state index in [0.29, 0.717) is 22.2 Å². The molecule has 7 heteroatoms. The molecule has 0 fully saturated rings. The number of hydrogen-bond donors (Lipinski definition) is 1. The van der Waals surface area contributed by atoms with E-state index in [-0.39, 0.29) is 0 Å². The van der Waals surface area contributed by atoms with Gasteiger partial charge < -0.3 is 14.0 Å². The smallest absolute Gasteiger partial charge is 0.345 e. The molecular formula is C13H9NO4S2. The maximum atomic E-state index is 10.8. The fourth-order valence-electron chi connectivity index (χ4n) is 1.58. The minimum Gasteiger partial charge on any atom is -0.477 e. The molecule has 1 N–H and O–H groups in total. The van der Waals surface area contributed by atoms with Gasteiger partial charge in [0.25, 0.3) is 0 Å². The van der Waals surface area contributed by atoms with Crippen LogP contribution in [0.25, 0.3) is 11.5 Å². The van der Waals surface area contributed by atoms with Gasteiger partial charge >= 0.3 is 5.97 Å². The summed E-state index contributed by atoms with van der Waals surface area (Å²) in [6.07, 6.45) is 1.57. The third kappa shape index (κ3) is 2.78. The van der Waals surface area contributed by atoms with Crippen LogP contribution in [0.4, 0.5) is 0 Å². The molecule has 0 bridgehead atoms. The van der Waals surface area contributed by atoms with E-state index in [9.17, 15) is 4.79 Å². The van der Waals surface area contributed by atoms with Gasteiger partial charge in [-0.25, -0.2) is 4.79 Å². The fraction of sp³-hybridized carbons (Fsp3) is 0.0769. The van der Waals surface area contributed by atoms with Crippen LogP contribution in [-0.4, -0.2) is 16.2 Å². The molecule has 5 nitrogen and oxygen atoms in total. The van der Waals surface area contributed by atoms with Gasteiger partial charge in [0.2, 0.25) is 5.76 Å². The first-order chi connectivity index (χ1) is 9.72. The van der Waals surface area contributed by atoms with E-state index in [1.807, 2.05) is 11.4 Å². The van der Waals surface area contributed by atoms with Gasteiger partial charge in [-0.3, -0.25) is 0 Å². The van der Waals surface area contributed by atoms with Crippen molar-refractivity contribution >= 4 is 29.1 Å². The van der Waals surface area contributed by atoms with Crippen molar-refractivity contribution in [3.63, 3.8) is 0 Å². The molecule has 0 saturated carbocycles. The maximum absolute atomic E-state index is 10.8. The fourth-order valence-corrected chi connectivity index (χ4v) is 3.33. The lowest BCUT2D eigenvalue weighted by Crippen LogP contribution is -1.89. The average Bonchev–Trinajstić information content (AvgIpc) is 3.17. The van der Waals surface area contributed by atoms with Gasteiger partial charge in [0.15, 0.2) is 5.76 Å². The number of aromatic carboxylic acids is 1. The molecule has 0 amide bonds. The summed E-state index contributed by atoms with van der Waals surface area (Å²) in [6, 6.07) is 7.06. The highest BCUT2D eigenvalue weighted by Gasteiger charge is 2.11. The van der Waals surface area contributed by atoms with Gasteiger partial charge in [-0.15, -0.1) is 23.1 Å². The van der Waals surface area contributed by atoms with E-state index in [1.54, 1.807) is 24.5 Å². The zero-order valence-corrected chi connectivity index (χ0v) is 11.7. The molecule has 3 rings (SSSR count). The van der Waals surface area contributed by atoms with Crippen molar-refractivity contribution in [1.82, 2.24) is 5.16 Å². The van der Waals surface area contributed by atoms with Crippen LogP contribution in [0.15, 0.2) is 49.7 Å². The molecule has 3 heterocycles. The number of furan rings is 1. The SMILES string of the molecule is O=C(O)c1cc(SCc2cc(-c3ccco3)on2)cs1. The molecule has 0 aromatic carbocycles. The van der Waals surface area contributed by atoms with Crippen molar-refractivity contribution in [3.8, 4) is 11.5 Å². The number of thioether (sulfide) groups is 1. The highest BCUT2D eigenvalue weighted by molar-refractivity contribution is 7.98. The number of carbonyl (C=O) groups is 1. The topological polar surface area (TPSA) is 76.5 Å². The zero-order valence-electron chi connectivity index (χ0n) is 10.1. The lowest BCUT2D eigenvalue weighted by molar-refractivity contribution is 0.0702. The zero-order chi connectivity index (χ0) is 13.9. The van der Waals surface area contributed by atoms with E-state index in [4.69, 9.17) is 14.0 Å². The largest absolute Gasteiger partial charge is 0.477 e. The van der Waals surface area contributed by atoms with Crippen molar-refractivity contribution < 1.29 is 18.8 Å². The summed E-state index contributed by atoms with van der Waals surface area (Å²) in [5.74, 6) is 0.933. The van der Waals surface area contributed by atoms with E-state index in [2.05, 4.69) is 5.16 Å². The number of carboxylic acids is 1. The predicted octanol–water partition coefficient (Wildman–Crippen LogP) is 3.99. The Hall–Kier alpha value is -1.99. The van der Waals surface area contributed by atoms with Crippen LogP contribution in [0.3, 0.4) is 0 Å². The van der Waals surface area contributed by atoms with Crippen molar-refractivity contribution in [2.75, 3.05) is 0 Å². The number of thiophene rings is 1. The first-order valence-electron chi connectivity index (χ1n) is 5.66. The Kier molecular flexibility index (Phi) is 3.62. The molecule has 0 unspecified atom stereocenters. The molecule has 20 heavy (non-hydrogen) atoms. The molecule has 0 radical (unpaired) electrons. The summed E-state index contributed by atoms with van der Waals surface area (Å²) in [5.41, 5.74) is 0.782. The van der Waals surface area contributed by atoms with Crippen LogP contribution in [0, 0.1) is 0 Å². The van der Waals surface area contributed by atoms with Gasteiger partial charge in [0.1, 0.15) is 4.88 Å². The second kappa shape index (κ2) is 5.56. The third-order valence-electron chi connectivity index (χ3n) is 2.50. The third-order valence-corrected chi connectivity index (χ3v) is 4.57. The Morgan fingerprint density at radius 1 is 1.40 bits per heavy atom. The van der Waals surface area contributed by atoms with Crippen molar-refractivity contribution in [2.24, 2.45) is 0 Å². The van der Waals surface area contributed by atoms with Gasteiger partial charge in [-0.1, -0.05) is 5.16 Å². The van der Waals surface area contributed by atoms with E-state index < -0.39 is 5.97 Å². The Morgan fingerprint density at radius 2 is 2.30 bits per heavy atom. The summed E-state index contributed by atoms with van der Waals surface area (Å²) < 4.78 is 10.4. The normalized spacial score (nSPS) is 10.8. The Morgan fingerprint density at radius 3 is 3.00 bits per heavy atom. The lowest BCUT2D eigenvalue weighted by atomic mass is 10.3. The first-order valence-corrected chi connectivity index (χ1v) is 7.53. The number of rotatable bonds is 5. The molecule has 0 aliphatic rings. The molecular weight excluding hydrogens is 298 g/mol. The molecule has 3 aromatic rings. The van der Waals surface area contributed by atoms with Crippen molar-refractivity contribution in [1.29, 1.82) is 0 Å². The van der Waals surface area contributed by atoms with Crippen molar-refractivity contribution in [2.45, 2.75) is 10.6 Å². The number of nitrogens with zero attached hydrogens (tertiary/aromatic N) is 1. The molecule has 0 atom stereocenters. The van der Waals surface area contributed by atoms with Crippen LogP contribution in [0.2, 0.25) is 0 Å². The molecule has 3 aromatic heterocycles. The summed E-state index contributed by atoms with van der Waals surface area (Å²) in [5, 5.41) is 14.6. The maximum Gasteiger partial charge on any atom is 0.345 e. The quantitative estimate of drug-likeness (QED) is 0.718. The Labute approximate surface area is 122 Å². The van der Waals surface area contributed by atoms with Crippen LogP contribution < -0.4 is 0 Å². The molecule has 0 saturated heterocycles. The van der Waals surface area contributed by atoms with Gasteiger partial charge in [-0.2, -0.15) is 0 Å². The minimum atomic E-state index is -0.900. The van der Waals surface area contributed by atoms with Gasteiger partial charge in [0.05, 0.1) is 12.0 Å². The Bertz CT molecular complexity index is 714. The van der Waals surface area contributed by atoms with E-state index in [1.165, 1.54) is 23.1 Å². The van der Waals surface area contributed by atoms with Crippen LogP contribution in [-0.2, 0) is 5.75 Å². The van der Waals surface area contributed by atoms with Gasteiger partial charge in [0, 0.05) is 22.1 Å². The number of aromatic nitrogens is 1. The predicted molar refractivity (Wildman–Crippen MR) is 75.0 cm³/mol. The second-order valence-corrected chi connectivity index (χ2v) is 5.86. The van der Waals surface area contributed by atoms with Crippen LogP contribution in [0.5, 0.6) is 0 Å². The Balaban J connectivity index is 1.65. The van der Waals surface area contributed by atoms with Crippen LogP contribution >= 0.6 is 23.1 Å². The second-order valence-electron chi connectivity index (χ2n) is 3.90. The van der Waals surface area contributed by atoms with Gasteiger partial charge in [-0.05, 0) is 18.2 Å². The van der Waals surface area contributed by atoms with E-state index >= 15 is 0 Å². The molecule has 0 aliphatic carbocycles. The first kappa shape index (κ1) is 13.0. The highest BCUT2D eigenvalue weighted by atomic mass is 32.2. The average molecular weight is 307 g/mol. The number of carboxylic acid groups (broad SMARTS) is 1. The summed E-state index contributed by atoms with van der Waals surface area (Å²) in [6.45, 7) is 0. The summed E-state index contributed by atoms with van der Waals surface area (Å²) >= 11 is 2.73. The lowest BCUT2D eigenvalue weighted by Gasteiger charge is -1.92. The standard InChI is InChI=1S/C13H9NO4S2/c15-13(16)12-5-9(7-20-12)19-6-8-4-11(18-14-8)10-2-1-3-17-10/h1-5,7H,6H2,(H,15,16). The molecule has 0 aliphatic heterocycles. The number of hydrogen-bond acceptors (Lipinski definition) is 6. The molecule has 0 spiro atoms. The highest BCUT2D eigenvalue weighted by Crippen LogP contribution is 2.29. The summed E-state index contributed by atoms with van der Waals surface area (Å²) in [7, 11) is 0. The monoisotopic (exact) mass is 307 g/mol. The van der Waals surface area contributed by atoms with Crippen LogP contribution in [0.1, 0.15) is 15.4 Å².